The highest BCUT2D eigenvalue weighted by atomic mass is 16.5. The van der Waals surface area contributed by atoms with Crippen molar-refractivity contribution in [1.82, 2.24) is 0 Å². The zero-order valence-corrected chi connectivity index (χ0v) is 14.8. The number of ether oxygens (including phenoxy) is 2. The summed E-state index contributed by atoms with van der Waals surface area (Å²) in [5.74, 6) is 0.609. The highest BCUT2D eigenvalue weighted by Crippen LogP contribution is 2.22. The van der Waals surface area contributed by atoms with Crippen molar-refractivity contribution < 1.29 is 14.3 Å². The zero-order chi connectivity index (χ0) is 17.5. The van der Waals surface area contributed by atoms with Crippen molar-refractivity contribution >= 4 is 11.6 Å². The summed E-state index contributed by atoms with van der Waals surface area (Å²) >= 11 is 0. The molecular formula is C20H25NO3. The van der Waals surface area contributed by atoms with Crippen molar-refractivity contribution in [2.75, 3.05) is 12.4 Å². The number of rotatable bonds is 7. The molecular weight excluding hydrogens is 302 g/mol. The van der Waals surface area contributed by atoms with E-state index in [1.54, 1.807) is 7.11 Å². The summed E-state index contributed by atoms with van der Waals surface area (Å²) in [4.78, 5) is 12.5. The summed E-state index contributed by atoms with van der Waals surface area (Å²) < 4.78 is 11.1. The largest absolute Gasteiger partial charge is 0.480 e. The molecule has 0 radical (unpaired) electrons. The third kappa shape index (κ3) is 4.83. The molecule has 2 aromatic rings. The normalized spacial score (nSPS) is 11.8. The Hall–Kier alpha value is -2.33. The molecule has 1 atom stereocenters. The third-order valence-corrected chi connectivity index (χ3v) is 3.78. The lowest BCUT2D eigenvalue weighted by Crippen LogP contribution is -2.32. The van der Waals surface area contributed by atoms with Gasteiger partial charge in [0.1, 0.15) is 5.75 Å². The Morgan fingerprint density at radius 1 is 1.17 bits per heavy atom. The van der Waals surface area contributed by atoms with E-state index < -0.39 is 6.10 Å². The number of hydrogen-bond donors (Lipinski definition) is 1. The fourth-order valence-corrected chi connectivity index (χ4v) is 2.44. The van der Waals surface area contributed by atoms with Gasteiger partial charge in [-0.1, -0.05) is 31.2 Å². The first-order valence-corrected chi connectivity index (χ1v) is 8.16. The first-order chi connectivity index (χ1) is 11.5. The Balaban J connectivity index is 2.08. The highest BCUT2D eigenvalue weighted by Gasteiger charge is 2.19. The van der Waals surface area contributed by atoms with Gasteiger partial charge in [-0.2, -0.15) is 0 Å². The van der Waals surface area contributed by atoms with Crippen molar-refractivity contribution in [3.05, 3.63) is 59.2 Å². The van der Waals surface area contributed by atoms with Gasteiger partial charge in [0.2, 0.25) is 0 Å². The van der Waals surface area contributed by atoms with Crippen LogP contribution < -0.4 is 10.1 Å². The minimum absolute atomic E-state index is 0.145. The van der Waals surface area contributed by atoms with Crippen LogP contribution in [-0.2, 0) is 16.1 Å². The number of nitrogens with one attached hydrogen (secondary N) is 1. The summed E-state index contributed by atoms with van der Waals surface area (Å²) in [6.07, 6.45) is 0.0633. The van der Waals surface area contributed by atoms with Gasteiger partial charge in [0.25, 0.3) is 5.91 Å². The Morgan fingerprint density at radius 2 is 1.96 bits per heavy atom. The molecule has 0 bridgehead atoms. The number of aryl methyl sites for hydroxylation is 2. The van der Waals surface area contributed by atoms with E-state index in [0.29, 0.717) is 13.0 Å². The SMILES string of the molecule is CC[C@@H](Oc1cc(C)ccc1C)C(=O)Nc1cccc(COC)c1. The summed E-state index contributed by atoms with van der Waals surface area (Å²) in [6.45, 7) is 6.44. The molecule has 1 amide bonds. The summed E-state index contributed by atoms with van der Waals surface area (Å²) in [7, 11) is 1.65. The molecule has 4 heteroatoms. The smallest absolute Gasteiger partial charge is 0.265 e. The number of anilines is 1. The maximum atomic E-state index is 12.5. The molecule has 24 heavy (non-hydrogen) atoms. The van der Waals surface area contributed by atoms with Crippen LogP contribution >= 0.6 is 0 Å². The Bertz CT molecular complexity index is 697. The lowest BCUT2D eigenvalue weighted by molar-refractivity contribution is -0.122. The van der Waals surface area contributed by atoms with Crippen molar-refractivity contribution in [2.45, 2.75) is 39.9 Å². The Kier molecular flexibility index (Phi) is 6.38. The molecule has 0 heterocycles. The molecule has 0 unspecified atom stereocenters. The van der Waals surface area contributed by atoms with Crippen LogP contribution in [0, 0.1) is 13.8 Å². The monoisotopic (exact) mass is 327 g/mol. The van der Waals surface area contributed by atoms with Crippen molar-refractivity contribution in [3.8, 4) is 5.75 Å². The fraction of sp³-hybridized carbons (Fsp3) is 0.350. The van der Waals surface area contributed by atoms with E-state index in [1.165, 1.54) is 0 Å². The molecule has 2 aromatic carbocycles. The number of methoxy groups -OCH3 is 1. The average Bonchev–Trinajstić information content (AvgIpc) is 2.56. The van der Waals surface area contributed by atoms with Crippen molar-refractivity contribution in [2.24, 2.45) is 0 Å². The minimum Gasteiger partial charge on any atom is -0.480 e. The summed E-state index contributed by atoms with van der Waals surface area (Å²) in [5, 5.41) is 2.93. The maximum absolute atomic E-state index is 12.5. The second-order valence-electron chi connectivity index (χ2n) is 5.91. The molecule has 1 N–H and O–H groups in total. The van der Waals surface area contributed by atoms with Gasteiger partial charge >= 0.3 is 0 Å². The second-order valence-corrected chi connectivity index (χ2v) is 5.91. The van der Waals surface area contributed by atoms with E-state index >= 15 is 0 Å². The summed E-state index contributed by atoms with van der Waals surface area (Å²) in [6, 6.07) is 13.6. The molecule has 0 aliphatic carbocycles. The standard InChI is InChI=1S/C20H25NO3/c1-5-18(24-19-11-14(2)9-10-15(19)3)20(22)21-17-8-6-7-16(12-17)13-23-4/h6-12,18H,5,13H2,1-4H3,(H,21,22)/t18-/m1/s1. The van der Waals surface area contributed by atoms with Gasteiger partial charge in [-0.05, 0) is 55.2 Å². The van der Waals surface area contributed by atoms with E-state index in [4.69, 9.17) is 9.47 Å². The molecule has 0 spiro atoms. The number of hydrogen-bond acceptors (Lipinski definition) is 3. The Morgan fingerprint density at radius 3 is 2.67 bits per heavy atom. The molecule has 0 fully saturated rings. The molecule has 0 saturated carbocycles. The van der Waals surface area contributed by atoms with E-state index in [2.05, 4.69) is 5.32 Å². The van der Waals surface area contributed by atoms with Crippen molar-refractivity contribution in [1.29, 1.82) is 0 Å². The molecule has 4 nitrogen and oxygen atoms in total. The van der Waals surface area contributed by atoms with Crippen LogP contribution in [0.5, 0.6) is 5.75 Å². The third-order valence-electron chi connectivity index (χ3n) is 3.78. The lowest BCUT2D eigenvalue weighted by Gasteiger charge is -2.19. The molecule has 128 valence electrons. The average molecular weight is 327 g/mol. The minimum atomic E-state index is -0.531. The summed E-state index contributed by atoms with van der Waals surface area (Å²) in [5.41, 5.74) is 3.89. The van der Waals surface area contributed by atoms with Crippen LogP contribution in [0.1, 0.15) is 30.0 Å². The molecule has 0 aromatic heterocycles. The van der Waals surface area contributed by atoms with Crippen LogP contribution in [0.15, 0.2) is 42.5 Å². The highest BCUT2D eigenvalue weighted by molar-refractivity contribution is 5.94. The Labute approximate surface area is 143 Å². The molecule has 2 rings (SSSR count). The van der Waals surface area contributed by atoms with Crippen LogP contribution in [0.3, 0.4) is 0 Å². The molecule has 0 aliphatic heterocycles. The van der Waals surface area contributed by atoms with Gasteiger partial charge < -0.3 is 14.8 Å². The van der Waals surface area contributed by atoms with E-state index in [9.17, 15) is 4.79 Å². The number of benzene rings is 2. The van der Waals surface area contributed by atoms with Gasteiger partial charge in [0, 0.05) is 12.8 Å². The number of amides is 1. The van der Waals surface area contributed by atoms with Crippen LogP contribution in [0.2, 0.25) is 0 Å². The van der Waals surface area contributed by atoms with Gasteiger partial charge in [-0.25, -0.2) is 0 Å². The first-order valence-electron chi connectivity index (χ1n) is 8.16. The van der Waals surface area contributed by atoms with Crippen LogP contribution in [-0.4, -0.2) is 19.1 Å². The fourth-order valence-electron chi connectivity index (χ4n) is 2.44. The quantitative estimate of drug-likeness (QED) is 0.827. The molecule has 0 saturated heterocycles. The van der Waals surface area contributed by atoms with Gasteiger partial charge in [-0.15, -0.1) is 0 Å². The first kappa shape index (κ1) is 18.0. The van der Waals surface area contributed by atoms with E-state index in [0.717, 1.165) is 28.1 Å². The maximum Gasteiger partial charge on any atom is 0.265 e. The van der Waals surface area contributed by atoms with E-state index in [-0.39, 0.29) is 5.91 Å². The van der Waals surface area contributed by atoms with Gasteiger partial charge in [0.15, 0.2) is 6.10 Å². The second kappa shape index (κ2) is 8.50. The van der Waals surface area contributed by atoms with Crippen LogP contribution in [0.25, 0.3) is 0 Å². The topological polar surface area (TPSA) is 47.6 Å². The predicted molar refractivity (Wildman–Crippen MR) is 96.4 cm³/mol. The lowest BCUT2D eigenvalue weighted by atomic mass is 10.1. The van der Waals surface area contributed by atoms with Crippen LogP contribution in [0.4, 0.5) is 5.69 Å². The number of carbonyl (C=O) groups excluding carboxylic acids is 1. The van der Waals surface area contributed by atoms with Crippen molar-refractivity contribution in [3.63, 3.8) is 0 Å². The zero-order valence-electron chi connectivity index (χ0n) is 14.8. The van der Waals surface area contributed by atoms with Gasteiger partial charge in [0.05, 0.1) is 6.61 Å². The molecule has 0 aliphatic rings. The van der Waals surface area contributed by atoms with E-state index in [1.807, 2.05) is 63.2 Å². The van der Waals surface area contributed by atoms with Gasteiger partial charge in [-0.3, -0.25) is 4.79 Å². The predicted octanol–water partition coefficient (Wildman–Crippen LogP) is 4.25. The number of carbonyl (C=O) groups is 1.